The Balaban J connectivity index is 2.14. The fraction of sp³-hybridized carbons (Fsp3) is 0.200. The summed E-state index contributed by atoms with van der Waals surface area (Å²) >= 11 is 0. The minimum atomic E-state index is 0.498. The van der Waals surface area contributed by atoms with Crippen LogP contribution in [0.1, 0.15) is 11.6 Å². The fourth-order valence-electron chi connectivity index (χ4n) is 1.32. The SMILES string of the molecule is C=C[C@H]1N[C@H]1c1ccccc1. The summed E-state index contributed by atoms with van der Waals surface area (Å²) in [5.74, 6) is 0. The lowest BCUT2D eigenvalue weighted by Crippen LogP contribution is -1.82. The molecule has 0 radical (unpaired) electrons. The molecule has 0 unspecified atom stereocenters. The molecule has 1 fully saturated rings. The van der Waals surface area contributed by atoms with Crippen LogP contribution in [0.3, 0.4) is 0 Å². The number of hydrogen-bond acceptors (Lipinski definition) is 1. The second-order valence-electron chi connectivity index (χ2n) is 2.82. The number of benzene rings is 1. The number of nitrogens with one attached hydrogen (secondary N) is 1. The van der Waals surface area contributed by atoms with Crippen molar-refractivity contribution in [3.8, 4) is 0 Å². The van der Waals surface area contributed by atoms with E-state index in [0.29, 0.717) is 12.1 Å². The van der Waals surface area contributed by atoms with E-state index in [4.69, 9.17) is 0 Å². The van der Waals surface area contributed by atoms with Gasteiger partial charge in [-0.15, -0.1) is 6.58 Å². The van der Waals surface area contributed by atoms with Crippen molar-refractivity contribution < 1.29 is 0 Å². The zero-order valence-corrected chi connectivity index (χ0v) is 6.33. The normalized spacial score (nSPS) is 28.0. The topological polar surface area (TPSA) is 21.9 Å². The Morgan fingerprint density at radius 1 is 1.27 bits per heavy atom. The number of hydrogen-bond donors (Lipinski definition) is 1. The van der Waals surface area contributed by atoms with Gasteiger partial charge in [0, 0.05) is 6.04 Å². The van der Waals surface area contributed by atoms with Crippen molar-refractivity contribution in [2.24, 2.45) is 0 Å². The van der Waals surface area contributed by atoms with Crippen LogP contribution in [0, 0.1) is 0 Å². The lowest BCUT2D eigenvalue weighted by atomic mass is 10.1. The molecule has 1 heterocycles. The Kier molecular flexibility index (Phi) is 1.51. The van der Waals surface area contributed by atoms with Crippen molar-refractivity contribution >= 4 is 0 Å². The van der Waals surface area contributed by atoms with Crippen molar-refractivity contribution in [3.05, 3.63) is 48.6 Å². The van der Waals surface area contributed by atoms with E-state index in [1.165, 1.54) is 5.56 Å². The van der Waals surface area contributed by atoms with Crippen LogP contribution < -0.4 is 5.32 Å². The Bertz CT molecular complexity index is 253. The van der Waals surface area contributed by atoms with Crippen molar-refractivity contribution in [2.45, 2.75) is 12.1 Å². The van der Waals surface area contributed by atoms with Crippen LogP contribution in [0.2, 0.25) is 0 Å². The minimum Gasteiger partial charge on any atom is -0.300 e. The molecule has 1 heteroatoms. The van der Waals surface area contributed by atoms with E-state index in [-0.39, 0.29) is 0 Å². The zero-order chi connectivity index (χ0) is 7.68. The van der Waals surface area contributed by atoms with E-state index in [9.17, 15) is 0 Å². The maximum atomic E-state index is 3.74. The maximum Gasteiger partial charge on any atom is 0.0517 e. The molecule has 2 rings (SSSR count). The van der Waals surface area contributed by atoms with Crippen LogP contribution in [0.4, 0.5) is 0 Å². The third-order valence-corrected chi connectivity index (χ3v) is 2.03. The van der Waals surface area contributed by atoms with Gasteiger partial charge in [0.05, 0.1) is 6.04 Å². The molecule has 2 atom stereocenters. The standard InChI is InChI=1S/C10H11N/c1-2-9-10(11-9)8-6-4-3-5-7-8/h2-7,9-11H,1H2/t9-,10+/m1/s1. The van der Waals surface area contributed by atoms with Gasteiger partial charge >= 0.3 is 0 Å². The van der Waals surface area contributed by atoms with Gasteiger partial charge < -0.3 is 5.32 Å². The third-order valence-electron chi connectivity index (χ3n) is 2.03. The molecule has 1 aliphatic heterocycles. The van der Waals surface area contributed by atoms with Crippen molar-refractivity contribution in [2.75, 3.05) is 0 Å². The smallest absolute Gasteiger partial charge is 0.0517 e. The molecule has 0 aliphatic carbocycles. The molecule has 0 aromatic heterocycles. The van der Waals surface area contributed by atoms with Gasteiger partial charge in [0.2, 0.25) is 0 Å². The highest BCUT2D eigenvalue weighted by Crippen LogP contribution is 2.29. The molecular formula is C10H11N. The summed E-state index contributed by atoms with van der Waals surface area (Å²) < 4.78 is 0. The van der Waals surface area contributed by atoms with Gasteiger partial charge in [-0.25, -0.2) is 0 Å². The lowest BCUT2D eigenvalue weighted by Gasteiger charge is -1.93. The van der Waals surface area contributed by atoms with Crippen LogP contribution >= 0.6 is 0 Å². The van der Waals surface area contributed by atoms with Crippen LogP contribution in [0.15, 0.2) is 43.0 Å². The molecule has 0 saturated carbocycles. The second-order valence-corrected chi connectivity index (χ2v) is 2.82. The predicted molar refractivity (Wildman–Crippen MR) is 46.3 cm³/mol. The fourth-order valence-corrected chi connectivity index (χ4v) is 1.32. The Hall–Kier alpha value is -1.08. The lowest BCUT2D eigenvalue weighted by molar-refractivity contribution is 1.07. The first-order valence-corrected chi connectivity index (χ1v) is 3.85. The number of rotatable bonds is 2. The molecular weight excluding hydrogens is 134 g/mol. The minimum absolute atomic E-state index is 0.498. The van der Waals surface area contributed by atoms with E-state index in [1.54, 1.807) is 0 Å². The summed E-state index contributed by atoms with van der Waals surface area (Å²) in [5.41, 5.74) is 1.36. The molecule has 1 N–H and O–H groups in total. The van der Waals surface area contributed by atoms with E-state index in [0.717, 1.165) is 0 Å². The molecule has 0 amide bonds. The largest absolute Gasteiger partial charge is 0.300 e. The highest BCUT2D eigenvalue weighted by atomic mass is 15.1. The monoisotopic (exact) mass is 145 g/mol. The van der Waals surface area contributed by atoms with Crippen LogP contribution in [-0.2, 0) is 0 Å². The first-order chi connectivity index (χ1) is 5.42. The van der Waals surface area contributed by atoms with Gasteiger partial charge in [-0.2, -0.15) is 0 Å². The summed E-state index contributed by atoms with van der Waals surface area (Å²) in [6.45, 7) is 3.74. The molecule has 0 bridgehead atoms. The van der Waals surface area contributed by atoms with Crippen LogP contribution in [0.5, 0.6) is 0 Å². The molecule has 1 aromatic carbocycles. The highest BCUT2D eigenvalue weighted by molar-refractivity contribution is 5.28. The van der Waals surface area contributed by atoms with Crippen molar-refractivity contribution in [3.63, 3.8) is 0 Å². The highest BCUT2D eigenvalue weighted by Gasteiger charge is 2.33. The summed E-state index contributed by atoms with van der Waals surface area (Å²) in [4.78, 5) is 0. The first kappa shape index (κ1) is 6.62. The van der Waals surface area contributed by atoms with Gasteiger partial charge in [-0.3, -0.25) is 0 Å². The van der Waals surface area contributed by atoms with Crippen molar-refractivity contribution in [1.82, 2.24) is 5.32 Å². The summed E-state index contributed by atoms with van der Waals surface area (Å²) in [7, 11) is 0. The predicted octanol–water partition coefficient (Wildman–Crippen LogP) is 1.89. The molecule has 1 nitrogen and oxygen atoms in total. The van der Waals surface area contributed by atoms with Gasteiger partial charge in [0.25, 0.3) is 0 Å². The Morgan fingerprint density at radius 3 is 2.55 bits per heavy atom. The Morgan fingerprint density at radius 2 is 2.00 bits per heavy atom. The van der Waals surface area contributed by atoms with Crippen molar-refractivity contribution in [1.29, 1.82) is 0 Å². The quantitative estimate of drug-likeness (QED) is 0.498. The van der Waals surface area contributed by atoms with E-state index < -0.39 is 0 Å². The second kappa shape index (κ2) is 2.51. The van der Waals surface area contributed by atoms with Gasteiger partial charge in [0.1, 0.15) is 0 Å². The molecule has 1 saturated heterocycles. The van der Waals surface area contributed by atoms with E-state index in [1.807, 2.05) is 12.1 Å². The summed E-state index contributed by atoms with van der Waals surface area (Å²) in [6, 6.07) is 11.5. The molecule has 1 aromatic rings. The summed E-state index contributed by atoms with van der Waals surface area (Å²) in [5, 5.41) is 3.32. The maximum absolute atomic E-state index is 3.74. The summed E-state index contributed by atoms with van der Waals surface area (Å²) in [6.07, 6.45) is 1.96. The molecule has 11 heavy (non-hydrogen) atoms. The molecule has 56 valence electrons. The third kappa shape index (κ3) is 1.19. The van der Waals surface area contributed by atoms with Crippen LogP contribution in [-0.4, -0.2) is 6.04 Å². The average Bonchev–Trinajstić information content (AvgIpc) is 2.85. The zero-order valence-electron chi connectivity index (χ0n) is 6.33. The molecule has 1 aliphatic rings. The Labute approximate surface area is 66.7 Å². The van der Waals surface area contributed by atoms with E-state index >= 15 is 0 Å². The van der Waals surface area contributed by atoms with Gasteiger partial charge in [-0.1, -0.05) is 36.4 Å². The van der Waals surface area contributed by atoms with Crippen LogP contribution in [0.25, 0.3) is 0 Å². The van der Waals surface area contributed by atoms with E-state index in [2.05, 4.69) is 36.2 Å². The van der Waals surface area contributed by atoms with Gasteiger partial charge in [-0.05, 0) is 5.56 Å². The van der Waals surface area contributed by atoms with Gasteiger partial charge in [0.15, 0.2) is 0 Å². The molecule has 0 spiro atoms. The average molecular weight is 145 g/mol. The first-order valence-electron chi connectivity index (χ1n) is 3.85.